The molecule has 0 spiro atoms. The minimum absolute atomic E-state index is 0.0793. The minimum Gasteiger partial charge on any atom is -0.487 e. The van der Waals surface area contributed by atoms with Gasteiger partial charge >= 0.3 is 5.97 Å². The first-order valence-corrected chi connectivity index (χ1v) is 10.7. The molecule has 0 bridgehead atoms. The van der Waals surface area contributed by atoms with Gasteiger partial charge in [-0.05, 0) is 57.3 Å². The van der Waals surface area contributed by atoms with Gasteiger partial charge in [-0.1, -0.05) is 46.3 Å². The molecule has 0 aromatic rings. The first-order chi connectivity index (χ1) is 13.6. The van der Waals surface area contributed by atoms with E-state index in [0.29, 0.717) is 6.42 Å². The van der Waals surface area contributed by atoms with E-state index in [4.69, 9.17) is 9.47 Å². The predicted octanol–water partition coefficient (Wildman–Crippen LogP) is 4.90. The molecule has 1 aliphatic heterocycles. The molecule has 0 unspecified atom stereocenters. The van der Waals surface area contributed by atoms with Crippen molar-refractivity contribution in [2.24, 2.45) is 11.8 Å². The normalized spacial score (nSPS) is 23.5. The van der Waals surface area contributed by atoms with E-state index in [1.807, 2.05) is 46.8 Å². The highest BCUT2D eigenvalue weighted by Crippen LogP contribution is 2.35. The van der Waals surface area contributed by atoms with Crippen molar-refractivity contribution in [3.8, 4) is 0 Å². The van der Waals surface area contributed by atoms with Gasteiger partial charge in [-0.25, -0.2) is 4.79 Å². The number of carbonyl (C=O) groups is 2. The molecule has 1 rings (SSSR count). The lowest BCUT2D eigenvalue weighted by Gasteiger charge is -2.36. The number of rotatable bonds is 10. The first kappa shape index (κ1) is 25.2. The fourth-order valence-corrected chi connectivity index (χ4v) is 3.44. The third-order valence-electron chi connectivity index (χ3n) is 5.63. The molecular weight excluding hydrogens is 368 g/mol. The van der Waals surface area contributed by atoms with Gasteiger partial charge in [0.2, 0.25) is 5.60 Å². The standard InChI is InChI=1S/C24H38O5/c1-8-11-14-28-23(26)24(27,10-3)20-13-12-17(5)22(29-20)19(7)15-18(6)21(25)16(4)9-2/h9,13,15,17-18,22,27H,8,10-12,14H2,1-7H3/b16-9+,19-15+/t17-,18-,22-,24-/m0/s1. The van der Waals surface area contributed by atoms with Crippen molar-refractivity contribution in [3.63, 3.8) is 0 Å². The number of aliphatic hydroxyl groups is 1. The van der Waals surface area contributed by atoms with Gasteiger partial charge in [-0.15, -0.1) is 0 Å². The molecule has 1 heterocycles. The highest BCUT2D eigenvalue weighted by molar-refractivity contribution is 5.97. The van der Waals surface area contributed by atoms with Gasteiger partial charge in [0.25, 0.3) is 0 Å². The smallest absolute Gasteiger partial charge is 0.346 e. The maximum atomic E-state index is 12.5. The minimum atomic E-state index is -1.78. The summed E-state index contributed by atoms with van der Waals surface area (Å²) >= 11 is 0. The van der Waals surface area contributed by atoms with Crippen molar-refractivity contribution in [1.82, 2.24) is 0 Å². The number of hydrogen-bond donors (Lipinski definition) is 1. The lowest BCUT2D eigenvalue weighted by Crippen LogP contribution is -2.45. The molecule has 29 heavy (non-hydrogen) atoms. The van der Waals surface area contributed by atoms with E-state index in [2.05, 4.69) is 6.92 Å². The second-order valence-electron chi connectivity index (χ2n) is 8.06. The number of esters is 1. The van der Waals surface area contributed by atoms with Gasteiger partial charge in [0.15, 0.2) is 5.78 Å². The molecule has 1 N–H and O–H groups in total. The van der Waals surface area contributed by atoms with Gasteiger partial charge < -0.3 is 14.6 Å². The van der Waals surface area contributed by atoms with Gasteiger partial charge in [0, 0.05) is 11.8 Å². The zero-order chi connectivity index (χ0) is 22.2. The summed E-state index contributed by atoms with van der Waals surface area (Å²) in [5.41, 5.74) is -0.129. The Kier molecular flexibility index (Phi) is 9.84. The molecule has 0 radical (unpaired) electrons. The number of unbranched alkanes of at least 4 members (excludes halogenated alkanes) is 1. The Morgan fingerprint density at radius 2 is 2.03 bits per heavy atom. The molecule has 0 aliphatic carbocycles. The fraction of sp³-hybridized carbons (Fsp3) is 0.667. The third kappa shape index (κ3) is 6.30. The summed E-state index contributed by atoms with van der Waals surface area (Å²) in [7, 11) is 0. The molecule has 0 saturated carbocycles. The molecule has 164 valence electrons. The zero-order valence-corrected chi connectivity index (χ0v) is 19.1. The van der Waals surface area contributed by atoms with E-state index < -0.39 is 11.6 Å². The second-order valence-corrected chi connectivity index (χ2v) is 8.06. The van der Waals surface area contributed by atoms with Crippen molar-refractivity contribution in [2.75, 3.05) is 6.61 Å². The molecule has 0 aromatic heterocycles. The van der Waals surface area contributed by atoms with Crippen LogP contribution < -0.4 is 0 Å². The first-order valence-electron chi connectivity index (χ1n) is 10.7. The van der Waals surface area contributed by atoms with Crippen LogP contribution in [0.3, 0.4) is 0 Å². The molecule has 0 fully saturated rings. The highest BCUT2D eigenvalue weighted by Gasteiger charge is 2.44. The van der Waals surface area contributed by atoms with E-state index >= 15 is 0 Å². The highest BCUT2D eigenvalue weighted by atomic mass is 16.6. The second kappa shape index (κ2) is 11.3. The summed E-state index contributed by atoms with van der Waals surface area (Å²) in [6.07, 6.45) is 7.72. The quantitative estimate of drug-likeness (QED) is 0.242. The van der Waals surface area contributed by atoms with E-state index in [1.165, 1.54) is 0 Å². The molecule has 5 nitrogen and oxygen atoms in total. The van der Waals surface area contributed by atoms with E-state index in [-0.39, 0.29) is 42.5 Å². The fourth-order valence-electron chi connectivity index (χ4n) is 3.44. The molecule has 5 heteroatoms. The van der Waals surface area contributed by atoms with Crippen molar-refractivity contribution in [3.05, 3.63) is 35.1 Å². The van der Waals surface area contributed by atoms with E-state index in [0.717, 1.165) is 24.0 Å². The van der Waals surface area contributed by atoms with Gasteiger partial charge in [-0.3, -0.25) is 4.79 Å². The third-order valence-corrected chi connectivity index (χ3v) is 5.63. The van der Waals surface area contributed by atoms with Crippen molar-refractivity contribution in [2.45, 2.75) is 85.9 Å². The van der Waals surface area contributed by atoms with Gasteiger partial charge in [0.05, 0.1) is 6.61 Å². The summed E-state index contributed by atoms with van der Waals surface area (Å²) in [5.74, 6) is -0.434. The maximum Gasteiger partial charge on any atom is 0.346 e. The van der Waals surface area contributed by atoms with Crippen LogP contribution >= 0.6 is 0 Å². The Balaban J connectivity index is 3.02. The predicted molar refractivity (Wildman–Crippen MR) is 115 cm³/mol. The van der Waals surface area contributed by atoms with Crippen molar-refractivity contribution in [1.29, 1.82) is 0 Å². The largest absolute Gasteiger partial charge is 0.487 e. The topological polar surface area (TPSA) is 72.8 Å². The molecule has 1 aliphatic rings. The summed E-state index contributed by atoms with van der Waals surface area (Å²) in [6.45, 7) is 13.6. The van der Waals surface area contributed by atoms with E-state index in [9.17, 15) is 14.7 Å². The summed E-state index contributed by atoms with van der Waals surface area (Å²) in [5, 5.41) is 11.0. The summed E-state index contributed by atoms with van der Waals surface area (Å²) in [4.78, 5) is 24.9. The summed E-state index contributed by atoms with van der Waals surface area (Å²) in [6, 6.07) is 0. The molecule has 0 saturated heterocycles. The van der Waals surface area contributed by atoms with Crippen molar-refractivity contribution < 1.29 is 24.2 Å². The average Bonchev–Trinajstić information content (AvgIpc) is 2.71. The average molecular weight is 407 g/mol. The molecule has 4 atom stereocenters. The Morgan fingerprint density at radius 3 is 2.59 bits per heavy atom. The van der Waals surface area contributed by atoms with E-state index in [1.54, 1.807) is 13.0 Å². The summed E-state index contributed by atoms with van der Waals surface area (Å²) < 4.78 is 11.4. The molecule has 0 aromatic carbocycles. The number of Topliss-reactive ketones (excluding diaryl/α,β-unsaturated/α-hetero) is 1. The number of carbonyl (C=O) groups excluding carboxylic acids is 2. The maximum absolute atomic E-state index is 12.5. The Hall–Kier alpha value is -1.88. The van der Waals surface area contributed by atoms with Crippen LogP contribution in [-0.4, -0.2) is 35.2 Å². The Bertz CT molecular complexity index is 673. The van der Waals surface area contributed by atoms with Gasteiger partial charge in [0.1, 0.15) is 11.9 Å². The number of ketones is 1. The number of ether oxygens (including phenoxy) is 2. The number of allylic oxidation sites excluding steroid dienone is 4. The van der Waals surface area contributed by atoms with Crippen LogP contribution in [0.4, 0.5) is 0 Å². The number of hydrogen-bond acceptors (Lipinski definition) is 5. The SMILES string of the molecule is C/C=C(\C)C(=O)[C@@H](C)/C=C(\C)[C@H]1OC([C@@](O)(CC)C(=O)OCCCC)=CC[C@@H]1C. The monoisotopic (exact) mass is 406 g/mol. The van der Waals surface area contributed by atoms with Crippen LogP contribution in [0, 0.1) is 11.8 Å². The Morgan fingerprint density at radius 1 is 1.38 bits per heavy atom. The Labute approximate surface area is 175 Å². The van der Waals surface area contributed by atoms with Crippen LogP contribution in [0.1, 0.15) is 74.1 Å². The lowest BCUT2D eigenvalue weighted by atomic mass is 9.87. The lowest BCUT2D eigenvalue weighted by molar-refractivity contribution is -0.167. The van der Waals surface area contributed by atoms with Gasteiger partial charge in [-0.2, -0.15) is 0 Å². The zero-order valence-electron chi connectivity index (χ0n) is 19.1. The van der Waals surface area contributed by atoms with Crippen LogP contribution in [-0.2, 0) is 19.1 Å². The molecule has 0 amide bonds. The van der Waals surface area contributed by atoms with Crippen LogP contribution in [0.15, 0.2) is 35.1 Å². The van der Waals surface area contributed by atoms with Crippen molar-refractivity contribution >= 4 is 11.8 Å². The van der Waals surface area contributed by atoms with Crippen LogP contribution in [0.25, 0.3) is 0 Å². The van der Waals surface area contributed by atoms with Crippen LogP contribution in [0.5, 0.6) is 0 Å². The van der Waals surface area contributed by atoms with Crippen LogP contribution in [0.2, 0.25) is 0 Å². The molecular formula is C24H38O5.